The third-order valence-electron chi connectivity index (χ3n) is 2.38. The molecule has 0 N–H and O–H groups in total. The quantitative estimate of drug-likeness (QED) is 0.489. The lowest BCUT2D eigenvalue weighted by Crippen LogP contribution is -2.28. The summed E-state index contributed by atoms with van der Waals surface area (Å²) in [6.07, 6.45) is 1.16. The fourth-order valence-corrected chi connectivity index (χ4v) is 1.89. The Labute approximate surface area is 116 Å². The largest absolute Gasteiger partial charge is 0.534 e. The SMILES string of the molecule is Cn1ncnc1-c1ccc(OS(=O)(=O)C(F)(F)F)cc1F. The van der Waals surface area contributed by atoms with Crippen LogP contribution in [0.2, 0.25) is 0 Å². The van der Waals surface area contributed by atoms with Gasteiger partial charge in [0.05, 0.1) is 5.56 Å². The van der Waals surface area contributed by atoms with Crippen LogP contribution in [0.1, 0.15) is 0 Å². The molecule has 2 aromatic rings. The van der Waals surface area contributed by atoms with Crippen molar-refractivity contribution in [3.05, 3.63) is 30.3 Å². The second kappa shape index (κ2) is 4.98. The first kappa shape index (κ1) is 15.2. The van der Waals surface area contributed by atoms with Gasteiger partial charge < -0.3 is 4.18 Å². The number of benzene rings is 1. The summed E-state index contributed by atoms with van der Waals surface area (Å²) in [6.45, 7) is 0. The van der Waals surface area contributed by atoms with Gasteiger partial charge in [0.25, 0.3) is 0 Å². The number of hydrogen-bond acceptors (Lipinski definition) is 5. The molecule has 1 heterocycles. The van der Waals surface area contributed by atoms with E-state index in [1.807, 2.05) is 0 Å². The monoisotopic (exact) mass is 325 g/mol. The molecule has 0 saturated carbocycles. The van der Waals surface area contributed by atoms with Crippen molar-refractivity contribution in [1.29, 1.82) is 0 Å². The Balaban J connectivity index is 2.35. The molecule has 0 atom stereocenters. The average Bonchev–Trinajstić information content (AvgIpc) is 2.73. The molecule has 0 aliphatic heterocycles. The van der Waals surface area contributed by atoms with E-state index >= 15 is 0 Å². The molecule has 0 spiro atoms. The third kappa shape index (κ3) is 2.96. The van der Waals surface area contributed by atoms with Crippen molar-refractivity contribution in [1.82, 2.24) is 14.8 Å². The second-order valence-corrected chi connectivity index (χ2v) is 5.37. The molecule has 0 radical (unpaired) electrons. The predicted octanol–water partition coefficient (Wildman–Crippen LogP) is 1.85. The van der Waals surface area contributed by atoms with E-state index in [0.717, 1.165) is 18.5 Å². The maximum atomic E-state index is 13.8. The van der Waals surface area contributed by atoms with Crippen LogP contribution in [-0.4, -0.2) is 28.7 Å². The van der Waals surface area contributed by atoms with E-state index in [9.17, 15) is 26.0 Å². The summed E-state index contributed by atoms with van der Waals surface area (Å²) in [5.41, 5.74) is -5.65. The molecule has 0 fully saturated rings. The Morgan fingerprint density at radius 1 is 1.29 bits per heavy atom. The van der Waals surface area contributed by atoms with E-state index < -0.39 is 27.2 Å². The van der Waals surface area contributed by atoms with Gasteiger partial charge in [-0.1, -0.05) is 0 Å². The van der Waals surface area contributed by atoms with Gasteiger partial charge in [-0.3, -0.25) is 0 Å². The number of halogens is 4. The minimum absolute atomic E-state index is 0.0632. The molecule has 2 rings (SSSR count). The molecule has 6 nitrogen and oxygen atoms in total. The van der Waals surface area contributed by atoms with Crippen molar-refractivity contribution >= 4 is 10.1 Å². The summed E-state index contributed by atoms with van der Waals surface area (Å²) < 4.78 is 76.9. The number of alkyl halides is 3. The van der Waals surface area contributed by atoms with Crippen LogP contribution >= 0.6 is 0 Å². The normalized spacial score (nSPS) is 12.4. The molecule has 21 heavy (non-hydrogen) atoms. The van der Waals surface area contributed by atoms with E-state index in [-0.39, 0.29) is 11.4 Å². The molecule has 0 amide bonds. The number of aryl methyl sites for hydroxylation is 1. The summed E-state index contributed by atoms with van der Waals surface area (Å²) in [5.74, 6) is -1.67. The molecular formula is C10H7F4N3O3S. The van der Waals surface area contributed by atoms with E-state index in [1.54, 1.807) is 0 Å². The number of hydrogen-bond donors (Lipinski definition) is 0. The van der Waals surface area contributed by atoms with Gasteiger partial charge in [-0.15, -0.1) is 0 Å². The predicted molar refractivity (Wildman–Crippen MR) is 62.0 cm³/mol. The number of aromatic nitrogens is 3. The highest BCUT2D eigenvalue weighted by Gasteiger charge is 2.48. The zero-order valence-electron chi connectivity index (χ0n) is 10.3. The Morgan fingerprint density at radius 2 is 1.95 bits per heavy atom. The van der Waals surface area contributed by atoms with Gasteiger partial charge in [0.1, 0.15) is 17.9 Å². The van der Waals surface area contributed by atoms with Crippen LogP contribution in [0.3, 0.4) is 0 Å². The standard InChI is InChI=1S/C10H7F4N3O3S/c1-17-9(15-5-16-17)7-3-2-6(4-8(7)11)20-21(18,19)10(12,13)14/h2-5H,1H3. The first-order valence-corrected chi connectivity index (χ1v) is 6.67. The summed E-state index contributed by atoms with van der Waals surface area (Å²) in [5, 5.41) is 3.71. The van der Waals surface area contributed by atoms with Crippen LogP contribution < -0.4 is 4.18 Å². The molecule has 0 unspecified atom stereocenters. The molecule has 114 valence electrons. The smallest absolute Gasteiger partial charge is 0.376 e. The van der Waals surface area contributed by atoms with Crippen LogP contribution in [0, 0.1) is 5.82 Å². The molecule has 0 aliphatic rings. The van der Waals surface area contributed by atoms with Gasteiger partial charge in [0, 0.05) is 13.1 Å². The Kier molecular flexibility index (Phi) is 3.61. The maximum Gasteiger partial charge on any atom is 0.534 e. The second-order valence-electron chi connectivity index (χ2n) is 3.83. The lowest BCUT2D eigenvalue weighted by atomic mass is 10.2. The van der Waals surface area contributed by atoms with E-state index in [2.05, 4.69) is 14.3 Å². The Morgan fingerprint density at radius 3 is 2.43 bits per heavy atom. The van der Waals surface area contributed by atoms with Gasteiger partial charge in [-0.2, -0.15) is 26.7 Å². The number of rotatable bonds is 3. The maximum absolute atomic E-state index is 13.8. The van der Waals surface area contributed by atoms with Crippen molar-refractivity contribution in [3.8, 4) is 17.1 Å². The lowest BCUT2D eigenvalue weighted by Gasteiger charge is -2.10. The molecule has 0 saturated heterocycles. The first-order valence-electron chi connectivity index (χ1n) is 5.26. The average molecular weight is 325 g/mol. The van der Waals surface area contributed by atoms with Crippen LogP contribution in [0.15, 0.2) is 24.5 Å². The summed E-state index contributed by atoms with van der Waals surface area (Å²) >= 11 is 0. The fraction of sp³-hybridized carbons (Fsp3) is 0.200. The van der Waals surface area contributed by atoms with Crippen molar-refractivity contribution in [2.75, 3.05) is 0 Å². The molecule has 11 heteroatoms. The highest BCUT2D eigenvalue weighted by Crippen LogP contribution is 2.29. The van der Waals surface area contributed by atoms with Gasteiger partial charge in [-0.25, -0.2) is 14.1 Å². The Hall–Kier alpha value is -2.17. The van der Waals surface area contributed by atoms with Gasteiger partial charge in [0.2, 0.25) is 0 Å². The molecule has 0 bridgehead atoms. The number of nitrogens with zero attached hydrogens (tertiary/aromatic N) is 3. The zero-order valence-corrected chi connectivity index (χ0v) is 11.1. The molecule has 1 aromatic carbocycles. The summed E-state index contributed by atoms with van der Waals surface area (Å²) in [4.78, 5) is 3.76. The Bertz CT molecular complexity index is 770. The van der Waals surface area contributed by atoms with Crippen LogP contribution in [-0.2, 0) is 17.2 Å². The van der Waals surface area contributed by atoms with Crippen LogP contribution in [0.5, 0.6) is 5.75 Å². The van der Waals surface area contributed by atoms with Crippen molar-refractivity contribution in [2.45, 2.75) is 5.51 Å². The topological polar surface area (TPSA) is 74.1 Å². The molecular weight excluding hydrogens is 318 g/mol. The van der Waals surface area contributed by atoms with E-state index in [1.165, 1.54) is 11.7 Å². The van der Waals surface area contributed by atoms with Crippen molar-refractivity contribution in [3.63, 3.8) is 0 Å². The van der Waals surface area contributed by atoms with Crippen molar-refractivity contribution < 1.29 is 30.2 Å². The minimum Gasteiger partial charge on any atom is -0.376 e. The van der Waals surface area contributed by atoms with E-state index in [0.29, 0.717) is 6.07 Å². The zero-order chi connectivity index (χ0) is 15.8. The van der Waals surface area contributed by atoms with E-state index in [4.69, 9.17) is 0 Å². The highest BCUT2D eigenvalue weighted by molar-refractivity contribution is 7.87. The third-order valence-corrected chi connectivity index (χ3v) is 3.36. The van der Waals surface area contributed by atoms with Crippen LogP contribution in [0.4, 0.5) is 17.6 Å². The van der Waals surface area contributed by atoms with Gasteiger partial charge in [0.15, 0.2) is 5.82 Å². The first-order chi connectivity index (χ1) is 9.62. The van der Waals surface area contributed by atoms with Gasteiger partial charge in [-0.05, 0) is 12.1 Å². The lowest BCUT2D eigenvalue weighted by molar-refractivity contribution is -0.0500. The molecule has 0 aliphatic carbocycles. The van der Waals surface area contributed by atoms with Crippen molar-refractivity contribution in [2.24, 2.45) is 7.05 Å². The summed E-state index contributed by atoms with van der Waals surface area (Å²) in [7, 11) is -4.36. The molecule has 1 aromatic heterocycles. The fourth-order valence-electron chi connectivity index (χ4n) is 1.44. The summed E-state index contributed by atoms with van der Waals surface area (Å²) in [6, 6.07) is 2.45. The van der Waals surface area contributed by atoms with Gasteiger partial charge >= 0.3 is 15.6 Å². The highest BCUT2D eigenvalue weighted by atomic mass is 32.2. The van der Waals surface area contributed by atoms with Crippen LogP contribution in [0.25, 0.3) is 11.4 Å². The minimum atomic E-state index is -5.84.